The lowest BCUT2D eigenvalue weighted by molar-refractivity contribution is -0.0434. The third kappa shape index (κ3) is 8.08. The van der Waals surface area contributed by atoms with Crippen LogP contribution in [-0.4, -0.2) is 19.7 Å². The van der Waals surface area contributed by atoms with Gasteiger partial charge in [-0.05, 0) is 0 Å². The Morgan fingerprint density at radius 3 is 1.23 bits per heavy atom. The van der Waals surface area contributed by atoms with E-state index in [1.54, 1.807) is 0 Å². The maximum Gasteiger partial charge on any atom is 0.497 e. The van der Waals surface area contributed by atoms with E-state index >= 15 is 0 Å². The summed E-state index contributed by atoms with van der Waals surface area (Å²) < 4.78 is 53.5. The summed E-state index contributed by atoms with van der Waals surface area (Å²) in [6.07, 6.45) is 0. The fourth-order valence-corrected chi connectivity index (χ4v) is 0.491. The summed E-state index contributed by atoms with van der Waals surface area (Å²) in [5.74, 6) is -0.892. The molecule has 0 aromatic heterocycles. The molecule has 2 nitrogen and oxygen atoms in total. The quantitative estimate of drug-likeness (QED) is 0.683. The Kier molecular flexibility index (Phi) is 11.9. The molecule has 0 aliphatic heterocycles. The summed E-state index contributed by atoms with van der Waals surface area (Å²) in [5, 5.41) is 0. The summed E-state index contributed by atoms with van der Waals surface area (Å²) in [6, 6.07) is 0. The van der Waals surface area contributed by atoms with Crippen molar-refractivity contribution in [2.75, 3.05) is 5.75 Å². The smallest absolute Gasteiger partial charge is 0.220 e. The molecule has 0 aromatic carbocycles. The van der Waals surface area contributed by atoms with Crippen molar-refractivity contribution in [2.45, 2.75) is 40.1 Å². The van der Waals surface area contributed by atoms with Gasteiger partial charge in [0.25, 0.3) is 0 Å². The van der Waals surface area contributed by atoms with Gasteiger partial charge in [0.1, 0.15) is 0 Å². The maximum atomic E-state index is 11.2. The molecule has 0 aliphatic rings. The number of halogens is 3. The Morgan fingerprint density at radius 1 is 1.00 bits per heavy atom. The van der Waals surface area contributed by atoms with Crippen LogP contribution in [0.3, 0.4) is 0 Å². The van der Waals surface area contributed by atoms with E-state index < -0.39 is 21.1 Å². The van der Waals surface area contributed by atoms with E-state index in [4.69, 9.17) is 0 Å². The highest BCUT2D eigenvalue weighted by molar-refractivity contribution is 7.92. The number of rotatable bonds is 1. The van der Waals surface area contributed by atoms with E-state index in [0.29, 0.717) is 0 Å². The van der Waals surface area contributed by atoms with Gasteiger partial charge in [-0.2, -0.15) is 13.2 Å². The molecule has 0 aromatic rings. The van der Waals surface area contributed by atoms with Crippen molar-refractivity contribution in [3.8, 4) is 0 Å². The summed E-state index contributed by atoms with van der Waals surface area (Å²) in [7, 11) is -4.84. The van der Waals surface area contributed by atoms with E-state index in [0.717, 1.165) is 6.92 Å². The van der Waals surface area contributed by atoms with Gasteiger partial charge < -0.3 is 0 Å². The third-order valence-electron chi connectivity index (χ3n) is 0.733. The number of hydrogen-bond donors (Lipinski definition) is 0. The molecule has 0 saturated carbocycles. The van der Waals surface area contributed by atoms with E-state index in [9.17, 15) is 21.6 Å². The highest BCUT2D eigenvalue weighted by Gasteiger charge is 2.43. The lowest BCUT2D eigenvalue weighted by Gasteiger charge is -2.03. The summed E-state index contributed by atoms with van der Waals surface area (Å²) in [5.41, 5.74) is -5.08. The van der Waals surface area contributed by atoms with Gasteiger partial charge in [-0.15, -0.1) is 0 Å². The van der Waals surface area contributed by atoms with Crippen LogP contribution in [0.2, 0.25) is 0 Å². The Morgan fingerprint density at radius 2 is 1.23 bits per heavy atom. The molecule has 0 spiro atoms. The second-order valence-electron chi connectivity index (χ2n) is 1.35. The fraction of sp³-hybridized carbons (Fsp3) is 1.00. The molecule has 84 valence electrons. The Hall–Kier alpha value is -0.260. The van der Waals surface area contributed by atoms with Gasteiger partial charge in [-0.1, -0.05) is 34.6 Å². The van der Waals surface area contributed by atoms with Gasteiger partial charge >= 0.3 is 5.51 Å². The van der Waals surface area contributed by atoms with Gasteiger partial charge in [0.15, 0.2) is 0 Å². The Balaban J connectivity index is -0.000000218. The molecule has 0 rings (SSSR count). The Labute approximate surface area is 78.1 Å². The van der Waals surface area contributed by atoms with Crippen molar-refractivity contribution in [1.29, 1.82) is 0 Å². The van der Waals surface area contributed by atoms with E-state index in [1.807, 2.05) is 27.7 Å². The summed E-state index contributed by atoms with van der Waals surface area (Å²) in [6.45, 7) is 8.95. The minimum atomic E-state index is -5.08. The predicted octanol–water partition coefficient (Wildman–Crippen LogP) is 2.99. The zero-order valence-electron chi connectivity index (χ0n) is 8.57. The van der Waals surface area contributed by atoms with Gasteiger partial charge in [0.05, 0.1) is 5.75 Å². The first kappa shape index (κ1) is 18.5. The number of hydrogen-bond acceptors (Lipinski definition) is 2. The van der Waals surface area contributed by atoms with Crippen molar-refractivity contribution < 1.29 is 21.6 Å². The van der Waals surface area contributed by atoms with Crippen LogP contribution in [0, 0.1) is 0 Å². The number of alkyl halides is 3. The van der Waals surface area contributed by atoms with Crippen LogP contribution in [0.5, 0.6) is 0 Å². The highest BCUT2D eigenvalue weighted by atomic mass is 32.2. The zero-order chi connectivity index (χ0) is 11.7. The van der Waals surface area contributed by atoms with E-state index in [2.05, 4.69) is 0 Å². The van der Waals surface area contributed by atoms with Crippen LogP contribution in [0.15, 0.2) is 0 Å². The molecule has 13 heavy (non-hydrogen) atoms. The molecule has 6 heteroatoms. The van der Waals surface area contributed by atoms with Crippen LogP contribution in [0.25, 0.3) is 0 Å². The highest BCUT2D eigenvalue weighted by Crippen LogP contribution is 2.22. The lowest BCUT2D eigenvalue weighted by atomic mass is 11.0. The lowest BCUT2D eigenvalue weighted by Crippen LogP contribution is -2.24. The standard InChI is InChI=1S/C3H5F3O2S.2C2H6/c1-2-9(7,8)3(4,5)6;2*1-2/h2H2,1H3;2*1-2H3. The average molecular weight is 222 g/mol. The molecule has 0 unspecified atom stereocenters. The molecule has 0 aliphatic carbocycles. The van der Waals surface area contributed by atoms with Crippen molar-refractivity contribution in [3.05, 3.63) is 0 Å². The minimum absolute atomic E-state index is 0.892. The largest absolute Gasteiger partial charge is 0.497 e. The molecule has 0 atom stereocenters. The van der Waals surface area contributed by atoms with Crippen molar-refractivity contribution >= 4 is 9.84 Å². The van der Waals surface area contributed by atoms with Crippen molar-refractivity contribution in [3.63, 3.8) is 0 Å². The molecule has 0 bridgehead atoms. The minimum Gasteiger partial charge on any atom is -0.220 e. The van der Waals surface area contributed by atoms with Crippen molar-refractivity contribution in [2.24, 2.45) is 0 Å². The first-order chi connectivity index (χ1) is 5.81. The SMILES string of the molecule is CC.CC.CCS(=O)(=O)C(F)(F)F. The summed E-state index contributed by atoms with van der Waals surface area (Å²) >= 11 is 0. The molecular weight excluding hydrogens is 205 g/mol. The van der Waals surface area contributed by atoms with Crippen LogP contribution < -0.4 is 0 Å². The fourth-order valence-electron chi connectivity index (χ4n) is 0.164. The van der Waals surface area contributed by atoms with Crippen LogP contribution in [0.4, 0.5) is 13.2 Å². The summed E-state index contributed by atoms with van der Waals surface area (Å²) in [4.78, 5) is 0. The maximum absolute atomic E-state index is 11.2. The molecule has 0 radical (unpaired) electrons. The predicted molar refractivity (Wildman–Crippen MR) is 48.2 cm³/mol. The first-order valence-corrected chi connectivity index (χ1v) is 5.75. The monoisotopic (exact) mass is 222 g/mol. The second kappa shape index (κ2) is 8.34. The average Bonchev–Trinajstić information content (AvgIpc) is 2.10. The molecule has 0 fully saturated rings. The Bertz CT molecular complexity index is 182. The molecular formula is C7H17F3O2S. The third-order valence-corrected chi connectivity index (χ3v) is 2.20. The van der Waals surface area contributed by atoms with Gasteiger partial charge in [0, 0.05) is 0 Å². The van der Waals surface area contributed by atoms with E-state index in [-0.39, 0.29) is 0 Å². The molecule has 0 N–H and O–H groups in total. The van der Waals surface area contributed by atoms with Gasteiger partial charge in [-0.3, -0.25) is 0 Å². The number of sulfone groups is 1. The molecule has 0 heterocycles. The zero-order valence-corrected chi connectivity index (χ0v) is 9.38. The molecule has 0 saturated heterocycles. The first-order valence-electron chi connectivity index (χ1n) is 4.10. The van der Waals surface area contributed by atoms with E-state index in [1.165, 1.54) is 0 Å². The van der Waals surface area contributed by atoms with Gasteiger partial charge in [-0.25, -0.2) is 8.42 Å². The van der Waals surface area contributed by atoms with Crippen LogP contribution >= 0.6 is 0 Å². The topological polar surface area (TPSA) is 34.1 Å². The molecule has 0 amide bonds. The van der Waals surface area contributed by atoms with Crippen LogP contribution in [0.1, 0.15) is 34.6 Å². The van der Waals surface area contributed by atoms with Crippen LogP contribution in [-0.2, 0) is 9.84 Å². The van der Waals surface area contributed by atoms with Crippen molar-refractivity contribution in [1.82, 2.24) is 0 Å². The normalized spacial score (nSPS) is 10.5. The van der Waals surface area contributed by atoms with Gasteiger partial charge in [0.2, 0.25) is 9.84 Å². The second-order valence-corrected chi connectivity index (χ2v) is 3.62.